The number of methoxy groups -OCH3 is 2. The van der Waals surface area contributed by atoms with Crippen LogP contribution in [0.1, 0.15) is 21.7 Å². The minimum absolute atomic E-state index is 0.0366. The van der Waals surface area contributed by atoms with Crippen LogP contribution in [0.15, 0.2) is 59.2 Å². The third-order valence-electron chi connectivity index (χ3n) is 4.95. The highest BCUT2D eigenvalue weighted by Crippen LogP contribution is 2.36. The number of halogens is 3. The number of furan rings is 1. The van der Waals surface area contributed by atoms with Gasteiger partial charge in [0.2, 0.25) is 5.91 Å². The van der Waals surface area contributed by atoms with E-state index in [1.54, 1.807) is 12.1 Å². The smallest absolute Gasteiger partial charge is 0.418 e. The molecule has 0 unspecified atom stereocenters. The van der Waals surface area contributed by atoms with Crippen LogP contribution in [-0.2, 0) is 17.4 Å². The number of hydrogen-bond acceptors (Lipinski definition) is 6. The number of anilines is 2. The number of carbonyl (C=O) groups is 2. The summed E-state index contributed by atoms with van der Waals surface area (Å²) in [5.74, 6) is -0.0602. The van der Waals surface area contributed by atoms with Gasteiger partial charge in [0.25, 0.3) is 5.91 Å². The normalized spacial score (nSPS) is 11.0. The third-order valence-corrected chi connectivity index (χ3v) is 4.95. The van der Waals surface area contributed by atoms with Gasteiger partial charge in [-0.15, -0.1) is 0 Å². The fourth-order valence-electron chi connectivity index (χ4n) is 3.23. The molecule has 0 aliphatic carbocycles. The van der Waals surface area contributed by atoms with Crippen molar-refractivity contribution >= 4 is 23.2 Å². The quantitative estimate of drug-likeness (QED) is 0.390. The highest BCUT2D eigenvalue weighted by molar-refractivity contribution is 6.02. The molecule has 0 radical (unpaired) electrons. The molecule has 0 bridgehead atoms. The van der Waals surface area contributed by atoms with Gasteiger partial charge in [-0.1, -0.05) is 6.07 Å². The first-order chi connectivity index (χ1) is 16.7. The fraction of sp³-hybridized carbons (Fsp3) is 0.250. The van der Waals surface area contributed by atoms with Crippen molar-refractivity contribution in [2.75, 3.05) is 37.9 Å². The van der Waals surface area contributed by atoms with Crippen molar-refractivity contribution < 1.29 is 36.7 Å². The van der Waals surface area contributed by atoms with Crippen LogP contribution in [0.5, 0.6) is 11.5 Å². The number of ether oxygens (including phenoxy) is 2. The lowest BCUT2D eigenvalue weighted by molar-refractivity contribution is -0.137. The van der Waals surface area contributed by atoms with Crippen LogP contribution in [-0.4, -0.2) is 39.1 Å². The second-order valence-corrected chi connectivity index (χ2v) is 7.33. The Balaban J connectivity index is 1.57. The van der Waals surface area contributed by atoms with Crippen LogP contribution in [0.25, 0.3) is 0 Å². The highest BCUT2D eigenvalue weighted by atomic mass is 19.4. The molecule has 35 heavy (non-hydrogen) atoms. The summed E-state index contributed by atoms with van der Waals surface area (Å²) < 4.78 is 56.1. The minimum atomic E-state index is -4.71. The molecule has 1 heterocycles. The molecule has 0 aliphatic heterocycles. The summed E-state index contributed by atoms with van der Waals surface area (Å²) in [5.41, 5.74) is -0.484. The van der Waals surface area contributed by atoms with E-state index in [0.29, 0.717) is 17.9 Å². The Morgan fingerprint density at radius 2 is 1.77 bits per heavy atom. The minimum Gasteiger partial charge on any atom is -0.493 e. The van der Waals surface area contributed by atoms with Crippen LogP contribution >= 0.6 is 0 Å². The van der Waals surface area contributed by atoms with E-state index in [-0.39, 0.29) is 30.2 Å². The summed E-state index contributed by atoms with van der Waals surface area (Å²) in [6.45, 7) is -0.0903. The number of carbonyl (C=O) groups excluding carboxylic acids is 2. The van der Waals surface area contributed by atoms with Crippen LogP contribution < -0.4 is 25.4 Å². The largest absolute Gasteiger partial charge is 0.493 e. The molecular formula is C24H24F3N3O5. The topological polar surface area (TPSA) is 102 Å². The maximum atomic E-state index is 13.6. The van der Waals surface area contributed by atoms with E-state index in [2.05, 4.69) is 16.0 Å². The molecule has 8 nitrogen and oxygen atoms in total. The molecule has 11 heteroatoms. The van der Waals surface area contributed by atoms with Gasteiger partial charge in [-0.2, -0.15) is 13.2 Å². The maximum Gasteiger partial charge on any atom is 0.418 e. The number of benzene rings is 2. The van der Waals surface area contributed by atoms with Crippen LogP contribution in [0.3, 0.4) is 0 Å². The van der Waals surface area contributed by atoms with E-state index in [9.17, 15) is 22.8 Å². The van der Waals surface area contributed by atoms with Crippen molar-refractivity contribution in [2.24, 2.45) is 0 Å². The Morgan fingerprint density at radius 1 is 1.00 bits per heavy atom. The molecule has 2 amide bonds. The van der Waals surface area contributed by atoms with E-state index < -0.39 is 23.6 Å². The zero-order chi connectivity index (χ0) is 25.4. The zero-order valence-electron chi connectivity index (χ0n) is 19.0. The Labute approximate surface area is 199 Å². The average molecular weight is 491 g/mol. The van der Waals surface area contributed by atoms with E-state index >= 15 is 0 Å². The van der Waals surface area contributed by atoms with Gasteiger partial charge >= 0.3 is 6.18 Å². The molecule has 0 fully saturated rings. The Kier molecular flexibility index (Phi) is 8.24. The lowest BCUT2D eigenvalue weighted by Crippen LogP contribution is -2.31. The predicted molar refractivity (Wildman–Crippen MR) is 123 cm³/mol. The molecule has 0 saturated carbocycles. The second-order valence-electron chi connectivity index (χ2n) is 7.33. The lowest BCUT2D eigenvalue weighted by atomic mass is 10.1. The number of amides is 2. The molecule has 0 aliphatic rings. The third kappa shape index (κ3) is 6.92. The zero-order valence-corrected chi connectivity index (χ0v) is 19.0. The predicted octanol–water partition coefficient (Wildman–Crippen LogP) is 4.34. The van der Waals surface area contributed by atoms with E-state index in [4.69, 9.17) is 13.9 Å². The van der Waals surface area contributed by atoms with Gasteiger partial charge in [0.1, 0.15) is 0 Å². The van der Waals surface area contributed by atoms with Gasteiger partial charge in [-0.05, 0) is 54.4 Å². The van der Waals surface area contributed by atoms with Crippen LogP contribution in [0, 0.1) is 0 Å². The van der Waals surface area contributed by atoms with Crippen molar-refractivity contribution in [1.82, 2.24) is 5.32 Å². The molecule has 3 aromatic rings. The SMILES string of the molecule is COc1ccc(CCNC(=O)CNc2ccc(NC(=O)c3ccco3)cc2C(F)(F)F)cc1OC. The maximum absolute atomic E-state index is 13.6. The van der Waals surface area contributed by atoms with Gasteiger partial charge in [-0.3, -0.25) is 9.59 Å². The molecule has 2 aromatic carbocycles. The first kappa shape index (κ1) is 25.5. The van der Waals surface area contributed by atoms with Gasteiger partial charge in [0, 0.05) is 17.9 Å². The number of nitrogens with one attached hydrogen (secondary N) is 3. The Bertz CT molecular complexity index is 1160. The molecule has 1 aromatic heterocycles. The van der Waals surface area contributed by atoms with E-state index in [1.807, 2.05) is 6.07 Å². The Morgan fingerprint density at radius 3 is 2.43 bits per heavy atom. The molecule has 0 saturated heterocycles. The molecule has 3 rings (SSSR count). The second kappa shape index (κ2) is 11.3. The summed E-state index contributed by atoms with van der Waals surface area (Å²) in [7, 11) is 3.04. The van der Waals surface area contributed by atoms with Gasteiger partial charge in [-0.25, -0.2) is 0 Å². The van der Waals surface area contributed by atoms with Crippen molar-refractivity contribution in [2.45, 2.75) is 12.6 Å². The standard InChI is InChI=1S/C24H24F3N3O5/c1-33-19-8-5-15(12-21(19)34-2)9-10-28-22(31)14-29-18-7-6-16(13-17(18)24(25,26)27)30-23(32)20-4-3-11-35-20/h3-8,11-13,29H,9-10,14H2,1-2H3,(H,28,31)(H,30,32). The summed E-state index contributed by atoms with van der Waals surface area (Å²) in [6.07, 6.45) is -2.94. The first-order valence-electron chi connectivity index (χ1n) is 10.5. The summed E-state index contributed by atoms with van der Waals surface area (Å²) in [4.78, 5) is 24.2. The Hall–Kier alpha value is -4.15. The van der Waals surface area contributed by atoms with E-state index in [0.717, 1.165) is 17.7 Å². The molecule has 0 spiro atoms. The fourth-order valence-corrected chi connectivity index (χ4v) is 3.23. The number of rotatable bonds is 10. The van der Waals surface area contributed by atoms with Gasteiger partial charge < -0.3 is 29.8 Å². The van der Waals surface area contributed by atoms with Crippen molar-refractivity contribution in [3.63, 3.8) is 0 Å². The van der Waals surface area contributed by atoms with Crippen molar-refractivity contribution in [3.05, 3.63) is 71.7 Å². The molecule has 186 valence electrons. The first-order valence-corrected chi connectivity index (χ1v) is 10.5. The summed E-state index contributed by atoms with van der Waals surface area (Å²) in [5, 5.41) is 7.52. The van der Waals surface area contributed by atoms with Gasteiger partial charge in [0.05, 0.1) is 32.6 Å². The number of alkyl halides is 3. The lowest BCUT2D eigenvalue weighted by Gasteiger charge is -2.16. The summed E-state index contributed by atoms with van der Waals surface area (Å²) in [6, 6.07) is 11.5. The van der Waals surface area contributed by atoms with Gasteiger partial charge in [0.15, 0.2) is 17.3 Å². The molecular weight excluding hydrogens is 467 g/mol. The van der Waals surface area contributed by atoms with Crippen LogP contribution in [0.4, 0.5) is 24.5 Å². The monoisotopic (exact) mass is 491 g/mol. The average Bonchev–Trinajstić information content (AvgIpc) is 3.38. The van der Waals surface area contributed by atoms with Crippen molar-refractivity contribution in [1.29, 1.82) is 0 Å². The summed E-state index contributed by atoms with van der Waals surface area (Å²) >= 11 is 0. The van der Waals surface area contributed by atoms with Crippen molar-refractivity contribution in [3.8, 4) is 11.5 Å². The van der Waals surface area contributed by atoms with Crippen LogP contribution in [0.2, 0.25) is 0 Å². The number of hydrogen-bond donors (Lipinski definition) is 3. The molecule has 0 atom stereocenters. The highest BCUT2D eigenvalue weighted by Gasteiger charge is 2.34. The molecule has 3 N–H and O–H groups in total. The van der Waals surface area contributed by atoms with E-state index in [1.165, 1.54) is 38.7 Å².